The molecule has 0 N–H and O–H groups in total. The molecule has 0 amide bonds. The molecule has 0 unspecified atom stereocenters. The van der Waals surface area contributed by atoms with Crippen LogP contribution in [0.3, 0.4) is 0 Å². The van der Waals surface area contributed by atoms with E-state index < -0.39 is 0 Å². The standard InChI is InChI=1S/C40H25N3/c41-26-27-14-16-28(17-15-27)32-18-19-34-23-35(21-20-33(34)22-32)36-24-30-10-4-5-11-31(30)25-39(36)43-38-13-7-6-12-37(38)42-40(43)29-8-2-1-3-9-29/h1-25H. The molecule has 8 aromatic rings. The number of aromatic nitrogens is 2. The van der Waals surface area contributed by atoms with Gasteiger partial charge in [-0.1, -0.05) is 103 Å². The van der Waals surface area contributed by atoms with Crippen LogP contribution in [0.15, 0.2) is 152 Å². The van der Waals surface area contributed by atoms with Crippen molar-refractivity contribution in [2.45, 2.75) is 0 Å². The van der Waals surface area contributed by atoms with Crippen molar-refractivity contribution in [2.24, 2.45) is 0 Å². The molecule has 0 bridgehead atoms. The lowest BCUT2D eigenvalue weighted by Crippen LogP contribution is -2.00. The van der Waals surface area contributed by atoms with Crippen molar-refractivity contribution in [3.05, 3.63) is 157 Å². The first-order chi connectivity index (χ1) is 21.2. The van der Waals surface area contributed by atoms with E-state index >= 15 is 0 Å². The molecule has 0 aliphatic rings. The van der Waals surface area contributed by atoms with Crippen LogP contribution in [0.5, 0.6) is 0 Å². The summed E-state index contributed by atoms with van der Waals surface area (Å²) < 4.78 is 2.31. The molecule has 0 atom stereocenters. The Morgan fingerprint density at radius 1 is 0.488 bits per heavy atom. The van der Waals surface area contributed by atoms with Gasteiger partial charge >= 0.3 is 0 Å². The van der Waals surface area contributed by atoms with Gasteiger partial charge in [0.1, 0.15) is 5.82 Å². The fourth-order valence-electron chi connectivity index (χ4n) is 6.03. The van der Waals surface area contributed by atoms with Gasteiger partial charge in [-0.15, -0.1) is 0 Å². The summed E-state index contributed by atoms with van der Waals surface area (Å²) in [4.78, 5) is 5.12. The van der Waals surface area contributed by atoms with Crippen molar-refractivity contribution in [3.63, 3.8) is 0 Å². The zero-order chi connectivity index (χ0) is 28.8. The van der Waals surface area contributed by atoms with Crippen LogP contribution in [-0.2, 0) is 0 Å². The predicted molar refractivity (Wildman–Crippen MR) is 177 cm³/mol. The fraction of sp³-hybridized carbons (Fsp3) is 0. The van der Waals surface area contributed by atoms with Crippen LogP contribution in [-0.4, -0.2) is 9.55 Å². The summed E-state index contributed by atoms with van der Waals surface area (Å²) in [6.45, 7) is 0. The largest absolute Gasteiger partial charge is 0.292 e. The van der Waals surface area contributed by atoms with Crippen LogP contribution in [0.25, 0.3) is 71.9 Å². The lowest BCUT2D eigenvalue weighted by Gasteiger charge is -2.17. The van der Waals surface area contributed by atoms with Crippen LogP contribution in [0.1, 0.15) is 5.56 Å². The Kier molecular flexibility index (Phi) is 5.84. The van der Waals surface area contributed by atoms with Gasteiger partial charge in [-0.3, -0.25) is 4.57 Å². The van der Waals surface area contributed by atoms with Gasteiger partial charge in [-0.05, 0) is 86.8 Å². The third kappa shape index (κ3) is 4.34. The number of hydrogen-bond donors (Lipinski definition) is 0. The van der Waals surface area contributed by atoms with E-state index in [1.165, 1.54) is 21.5 Å². The summed E-state index contributed by atoms with van der Waals surface area (Å²) in [6.07, 6.45) is 0. The molecule has 0 fully saturated rings. The average Bonchev–Trinajstić information content (AvgIpc) is 3.47. The van der Waals surface area contributed by atoms with Crippen LogP contribution < -0.4 is 0 Å². The van der Waals surface area contributed by atoms with Crippen molar-refractivity contribution in [1.82, 2.24) is 9.55 Å². The molecule has 0 saturated heterocycles. The molecule has 0 spiro atoms. The normalized spacial score (nSPS) is 11.2. The van der Waals surface area contributed by atoms with E-state index in [1.54, 1.807) is 0 Å². The maximum atomic E-state index is 9.17. The van der Waals surface area contributed by atoms with E-state index in [-0.39, 0.29) is 0 Å². The van der Waals surface area contributed by atoms with Gasteiger partial charge in [0.25, 0.3) is 0 Å². The van der Waals surface area contributed by atoms with E-state index in [9.17, 15) is 0 Å². The van der Waals surface area contributed by atoms with Crippen molar-refractivity contribution >= 4 is 32.6 Å². The summed E-state index contributed by atoms with van der Waals surface area (Å²) in [6, 6.07) is 55.2. The highest BCUT2D eigenvalue weighted by Crippen LogP contribution is 2.38. The highest BCUT2D eigenvalue weighted by atomic mass is 15.1. The first-order valence-electron chi connectivity index (χ1n) is 14.4. The molecule has 3 heteroatoms. The second-order valence-corrected chi connectivity index (χ2v) is 10.8. The van der Waals surface area contributed by atoms with Gasteiger partial charge < -0.3 is 0 Å². The van der Waals surface area contributed by atoms with Crippen LogP contribution >= 0.6 is 0 Å². The molecule has 0 saturated carbocycles. The van der Waals surface area contributed by atoms with Crippen molar-refractivity contribution in [1.29, 1.82) is 5.26 Å². The molecule has 0 radical (unpaired) electrons. The molecule has 1 aromatic heterocycles. The van der Waals surface area contributed by atoms with Crippen LogP contribution in [0.2, 0.25) is 0 Å². The van der Waals surface area contributed by atoms with E-state index in [2.05, 4.69) is 126 Å². The van der Waals surface area contributed by atoms with E-state index in [4.69, 9.17) is 10.2 Å². The zero-order valence-corrected chi connectivity index (χ0v) is 23.3. The van der Waals surface area contributed by atoms with Crippen LogP contribution in [0.4, 0.5) is 0 Å². The number of rotatable bonds is 4. The summed E-state index contributed by atoms with van der Waals surface area (Å²) in [7, 11) is 0. The number of benzene rings is 7. The lowest BCUT2D eigenvalue weighted by atomic mass is 9.95. The molecule has 8 rings (SSSR count). The molecule has 0 aliphatic carbocycles. The summed E-state index contributed by atoms with van der Waals surface area (Å²) >= 11 is 0. The molecule has 0 aliphatic heterocycles. The minimum atomic E-state index is 0.668. The van der Waals surface area contributed by atoms with Gasteiger partial charge in [-0.25, -0.2) is 4.98 Å². The van der Waals surface area contributed by atoms with E-state index in [0.717, 1.165) is 50.4 Å². The quantitative estimate of drug-likeness (QED) is 0.220. The smallest absolute Gasteiger partial charge is 0.145 e. The Morgan fingerprint density at radius 3 is 1.86 bits per heavy atom. The van der Waals surface area contributed by atoms with E-state index in [1.807, 2.05) is 36.4 Å². The summed E-state index contributed by atoms with van der Waals surface area (Å²) in [5.41, 5.74) is 9.41. The Morgan fingerprint density at radius 2 is 1.09 bits per heavy atom. The molecule has 1 heterocycles. The minimum Gasteiger partial charge on any atom is -0.292 e. The maximum Gasteiger partial charge on any atom is 0.145 e. The Hall–Kier alpha value is -5.98. The number of hydrogen-bond acceptors (Lipinski definition) is 2. The topological polar surface area (TPSA) is 41.6 Å². The maximum absolute atomic E-state index is 9.17. The van der Waals surface area contributed by atoms with Crippen LogP contribution in [0, 0.1) is 11.3 Å². The van der Waals surface area contributed by atoms with Gasteiger partial charge in [0.2, 0.25) is 0 Å². The fourth-order valence-corrected chi connectivity index (χ4v) is 6.03. The number of nitrogens with zero attached hydrogens (tertiary/aromatic N) is 3. The monoisotopic (exact) mass is 547 g/mol. The lowest BCUT2D eigenvalue weighted by molar-refractivity contribution is 1.11. The Bertz CT molecular complexity index is 2340. The second kappa shape index (κ2) is 10.1. The van der Waals surface area contributed by atoms with Gasteiger partial charge in [0, 0.05) is 11.1 Å². The molecular formula is C40H25N3. The van der Waals surface area contributed by atoms with Gasteiger partial charge in [0.05, 0.1) is 28.4 Å². The molecular weight excluding hydrogens is 522 g/mol. The zero-order valence-electron chi connectivity index (χ0n) is 23.3. The predicted octanol–water partition coefficient (Wildman–Crippen LogP) is 10.2. The number of imidazole rings is 1. The summed E-state index contributed by atoms with van der Waals surface area (Å²) in [5.74, 6) is 0.922. The van der Waals surface area contributed by atoms with Gasteiger partial charge in [-0.2, -0.15) is 5.26 Å². The molecule has 3 nitrogen and oxygen atoms in total. The molecule has 43 heavy (non-hydrogen) atoms. The third-order valence-electron chi connectivity index (χ3n) is 8.20. The van der Waals surface area contributed by atoms with Crippen molar-refractivity contribution in [2.75, 3.05) is 0 Å². The molecule has 7 aromatic carbocycles. The Labute approximate surface area is 249 Å². The SMILES string of the molecule is N#Cc1ccc(-c2ccc3cc(-c4cc5ccccc5cc4-n4c(-c5ccccc5)nc5ccccc54)ccc3c2)cc1. The van der Waals surface area contributed by atoms with Crippen molar-refractivity contribution in [3.8, 4) is 45.4 Å². The second-order valence-electron chi connectivity index (χ2n) is 10.8. The summed E-state index contributed by atoms with van der Waals surface area (Å²) in [5, 5.41) is 13.9. The minimum absolute atomic E-state index is 0.668. The van der Waals surface area contributed by atoms with Gasteiger partial charge in [0.15, 0.2) is 0 Å². The number of para-hydroxylation sites is 2. The Balaban J connectivity index is 1.34. The van der Waals surface area contributed by atoms with Crippen molar-refractivity contribution < 1.29 is 0 Å². The number of fused-ring (bicyclic) bond motifs is 3. The number of nitriles is 1. The third-order valence-corrected chi connectivity index (χ3v) is 8.20. The highest BCUT2D eigenvalue weighted by molar-refractivity contribution is 5.97. The highest BCUT2D eigenvalue weighted by Gasteiger charge is 2.18. The molecule has 200 valence electrons. The van der Waals surface area contributed by atoms with E-state index in [0.29, 0.717) is 5.56 Å². The first-order valence-corrected chi connectivity index (χ1v) is 14.4. The first kappa shape index (κ1) is 24.8. The average molecular weight is 548 g/mol.